The molecule has 0 aromatic heterocycles. The third-order valence-electron chi connectivity index (χ3n) is 4.93. The van der Waals surface area contributed by atoms with Crippen LogP contribution in [0.1, 0.15) is 37.3 Å². The molecule has 132 valence electrons. The molecule has 1 atom stereocenters. The normalized spacial score (nSPS) is 17.6. The maximum atomic E-state index is 12.5. The molecule has 1 aliphatic heterocycles. The smallest absolute Gasteiger partial charge is 0.228 e. The Balaban J connectivity index is 1.48. The highest BCUT2D eigenvalue weighted by Crippen LogP contribution is 2.21. The first kappa shape index (κ1) is 17.7. The van der Waals surface area contributed by atoms with Crippen molar-refractivity contribution in [2.45, 2.75) is 39.2 Å². The third kappa shape index (κ3) is 5.17. The quantitative estimate of drug-likeness (QED) is 0.808. The van der Waals surface area contributed by atoms with Gasteiger partial charge in [0.1, 0.15) is 0 Å². The number of likely N-dealkylation sites (tertiary alicyclic amines) is 1. The second kappa shape index (κ2) is 8.82. The second-order valence-electron chi connectivity index (χ2n) is 7.00. The SMILES string of the molecule is CCCCc1ccc(NC(=O)C2CCN(Cc3ccccc3)C2)cc1. The first-order valence-electron chi connectivity index (χ1n) is 9.40. The molecule has 1 N–H and O–H groups in total. The summed E-state index contributed by atoms with van der Waals surface area (Å²) in [6.45, 7) is 4.96. The number of amides is 1. The Kier molecular flexibility index (Phi) is 6.24. The van der Waals surface area contributed by atoms with Gasteiger partial charge in [-0.15, -0.1) is 0 Å². The third-order valence-corrected chi connectivity index (χ3v) is 4.93. The Labute approximate surface area is 151 Å². The highest BCUT2D eigenvalue weighted by atomic mass is 16.1. The minimum absolute atomic E-state index is 0.0866. The van der Waals surface area contributed by atoms with E-state index < -0.39 is 0 Å². The van der Waals surface area contributed by atoms with Crippen LogP contribution in [0.4, 0.5) is 5.69 Å². The van der Waals surface area contributed by atoms with Gasteiger partial charge in [-0.05, 0) is 49.1 Å². The van der Waals surface area contributed by atoms with Crippen molar-refractivity contribution in [2.24, 2.45) is 5.92 Å². The largest absolute Gasteiger partial charge is 0.326 e. The maximum absolute atomic E-state index is 12.5. The zero-order valence-corrected chi connectivity index (χ0v) is 15.1. The number of anilines is 1. The van der Waals surface area contributed by atoms with Crippen molar-refractivity contribution in [2.75, 3.05) is 18.4 Å². The molecule has 2 aromatic rings. The summed E-state index contributed by atoms with van der Waals surface area (Å²) in [4.78, 5) is 14.9. The molecule has 1 aliphatic rings. The molecule has 3 nitrogen and oxygen atoms in total. The number of carbonyl (C=O) groups is 1. The first-order valence-corrected chi connectivity index (χ1v) is 9.40. The first-order chi connectivity index (χ1) is 12.2. The molecule has 1 unspecified atom stereocenters. The summed E-state index contributed by atoms with van der Waals surface area (Å²) in [6.07, 6.45) is 4.47. The molecule has 25 heavy (non-hydrogen) atoms. The Morgan fingerprint density at radius 3 is 2.56 bits per heavy atom. The van der Waals surface area contributed by atoms with Gasteiger partial charge in [0.05, 0.1) is 5.92 Å². The van der Waals surface area contributed by atoms with Gasteiger partial charge in [-0.2, -0.15) is 0 Å². The number of carbonyl (C=O) groups excluding carboxylic acids is 1. The van der Waals surface area contributed by atoms with Crippen LogP contribution >= 0.6 is 0 Å². The highest BCUT2D eigenvalue weighted by Gasteiger charge is 2.28. The molecular formula is C22H28N2O. The lowest BCUT2D eigenvalue weighted by Gasteiger charge is -2.16. The van der Waals surface area contributed by atoms with Gasteiger partial charge in [0.25, 0.3) is 0 Å². The van der Waals surface area contributed by atoms with E-state index >= 15 is 0 Å². The fourth-order valence-corrected chi connectivity index (χ4v) is 3.41. The lowest BCUT2D eigenvalue weighted by molar-refractivity contribution is -0.119. The standard InChI is InChI=1S/C22H28N2O/c1-2-3-7-18-10-12-21(13-11-18)23-22(25)20-14-15-24(17-20)16-19-8-5-4-6-9-19/h4-6,8-13,20H,2-3,7,14-17H2,1H3,(H,23,25). The van der Waals surface area contributed by atoms with Crippen molar-refractivity contribution in [3.8, 4) is 0 Å². The number of hydrogen-bond donors (Lipinski definition) is 1. The Morgan fingerprint density at radius 1 is 1.08 bits per heavy atom. The van der Waals surface area contributed by atoms with Crippen LogP contribution in [0.3, 0.4) is 0 Å². The van der Waals surface area contributed by atoms with E-state index in [9.17, 15) is 4.79 Å². The van der Waals surface area contributed by atoms with Gasteiger partial charge in [0, 0.05) is 18.8 Å². The molecule has 0 saturated carbocycles. The maximum Gasteiger partial charge on any atom is 0.228 e. The Hall–Kier alpha value is -2.13. The molecule has 3 heteroatoms. The van der Waals surface area contributed by atoms with E-state index in [4.69, 9.17) is 0 Å². The van der Waals surface area contributed by atoms with Crippen LogP contribution in [0.15, 0.2) is 54.6 Å². The number of hydrogen-bond acceptors (Lipinski definition) is 2. The van der Waals surface area contributed by atoms with Crippen LogP contribution in [0.5, 0.6) is 0 Å². The van der Waals surface area contributed by atoms with E-state index in [0.29, 0.717) is 0 Å². The number of aryl methyl sites for hydroxylation is 1. The molecule has 1 saturated heterocycles. The molecule has 0 aliphatic carbocycles. The van der Waals surface area contributed by atoms with Gasteiger partial charge in [-0.25, -0.2) is 0 Å². The molecule has 1 heterocycles. The summed E-state index contributed by atoms with van der Waals surface area (Å²) in [5, 5.41) is 3.09. The van der Waals surface area contributed by atoms with Crippen LogP contribution in [-0.4, -0.2) is 23.9 Å². The zero-order chi connectivity index (χ0) is 17.5. The van der Waals surface area contributed by atoms with E-state index in [1.807, 2.05) is 18.2 Å². The Morgan fingerprint density at radius 2 is 1.84 bits per heavy atom. The van der Waals surface area contributed by atoms with Crippen LogP contribution in [0.2, 0.25) is 0 Å². The average molecular weight is 336 g/mol. The van der Waals surface area contributed by atoms with Crippen LogP contribution in [0, 0.1) is 5.92 Å². The number of rotatable bonds is 7. The molecule has 0 spiro atoms. The van der Waals surface area contributed by atoms with Gasteiger partial charge in [0.2, 0.25) is 5.91 Å². The van der Waals surface area contributed by atoms with Gasteiger partial charge < -0.3 is 5.32 Å². The van der Waals surface area contributed by atoms with Crippen molar-refractivity contribution in [1.82, 2.24) is 4.90 Å². The highest BCUT2D eigenvalue weighted by molar-refractivity contribution is 5.92. The molecule has 2 aromatic carbocycles. The van der Waals surface area contributed by atoms with Crippen molar-refractivity contribution >= 4 is 11.6 Å². The number of nitrogens with one attached hydrogen (secondary N) is 1. The predicted molar refractivity (Wildman–Crippen MR) is 104 cm³/mol. The summed E-state index contributed by atoms with van der Waals surface area (Å²) < 4.78 is 0. The molecule has 0 radical (unpaired) electrons. The lowest BCUT2D eigenvalue weighted by Crippen LogP contribution is -2.26. The van der Waals surface area contributed by atoms with Crippen LogP contribution in [0.25, 0.3) is 0 Å². The van der Waals surface area contributed by atoms with E-state index in [1.54, 1.807) is 0 Å². The van der Waals surface area contributed by atoms with Gasteiger partial charge in [0.15, 0.2) is 0 Å². The molecule has 1 fully saturated rings. The minimum Gasteiger partial charge on any atom is -0.326 e. The zero-order valence-electron chi connectivity index (χ0n) is 15.1. The number of benzene rings is 2. The Bertz CT molecular complexity index is 666. The number of unbranched alkanes of at least 4 members (excludes halogenated alkanes) is 1. The van der Waals surface area contributed by atoms with E-state index in [2.05, 4.69) is 53.5 Å². The molecule has 1 amide bonds. The minimum atomic E-state index is 0.0866. The monoisotopic (exact) mass is 336 g/mol. The van der Waals surface area contributed by atoms with E-state index in [-0.39, 0.29) is 11.8 Å². The average Bonchev–Trinajstić information content (AvgIpc) is 3.11. The van der Waals surface area contributed by atoms with Crippen molar-refractivity contribution in [3.05, 3.63) is 65.7 Å². The van der Waals surface area contributed by atoms with E-state index in [1.165, 1.54) is 24.0 Å². The van der Waals surface area contributed by atoms with Gasteiger partial charge in [-0.1, -0.05) is 55.8 Å². The van der Waals surface area contributed by atoms with Gasteiger partial charge >= 0.3 is 0 Å². The van der Waals surface area contributed by atoms with Crippen LogP contribution < -0.4 is 5.32 Å². The molecule has 3 rings (SSSR count). The van der Waals surface area contributed by atoms with Crippen molar-refractivity contribution < 1.29 is 4.79 Å². The lowest BCUT2D eigenvalue weighted by atomic mass is 10.1. The molecule has 0 bridgehead atoms. The fraction of sp³-hybridized carbons (Fsp3) is 0.409. The predicted octanol–water partition coefficient (Wildman–Crippen LogP) is 4.49. The second-order valence-corrected chi connectivity index (χ2v) is 7.00. The molecular weight excluding hydrogens is 308 g/mol. The fourth-order valence-electron chi connectivity index (χ4n) is 3.41. The van der Waals surface area contributed by atoms with Crippen molar-refractivity contribution in [1.29, 1.82) is 0 Å². The summed E-state index contributed by atoms with van der Waals surface area (Å²) in [6, 6.07) is 18.8. The topological polar surface area (TPSA) is 32.3 Å². The summed E-state index contributed by atoms with van der Waals surface area (Å²) >= 11 is 0. The summed E-state index contributed by atoms with van der Waals surface area (Å²) in [5.41, 5.74) is 3.56. The van der Waals surface area contributed by atoms with Crippen LogP contribution in [-0.2, 0) is 17.8 Å². The summed E-state index contributed by atoms with van der Waals surface area (Å²) in [5.74, 6) is 0.236. The van der Waals surface area contributed by atoms with E-state index in [0.717, 1.165) is 38.2 Å². The van der Waals surface area contributed by atoms with Gasteiger partial charge in [-0.3, -0.25) is 9.69 Å². The van der Waals surface area contributed by atoms with Crippen molar-refractivity contribution in [3.63, 3.8) is 0 Å². The summed E-state index contributed by atoms with van der Waals surface area (Å²) in [7, 11) is 0. The number of nitrogens with zero attached hydrogens (tertiary/aromatic N) is 1.